The summed E-state index contributed by atoms with van der Waals surface area (Å²) in [6, 6.07) is 0. The van der Waals surface area contributed by atoms with Crippen LogP contribution in [0.5, 0.6) is 0 Å². The molecule has 0 N–H and O–H groups in total. The number of hydrogen-bond donors (Lipinski definition) is 0. The molecule has 0 aromatic rings. The van der Waals surface area contributed by atoms with Gasteiger partial charge in [-0.3, -0.25) is 0 Å². The van der Waals surface area contributed by atoms with Crippen LogP contribution in [0.2, 0.25) is 0 Å². The van der Waals surface area contributed by atoms with Gasteiger partial charge < -0.3 is 9.53 Å². The maximum absolute atomic E-state index is 10.3. The van der Waals surface area contributed by atoms with Gasteiger partial charge >= 0.3 is 0 Å². The minimum Gasteiger partial charge on any atom is -0.370 e. The number of rotatable bonds is 4. The summed E-state index contributed by atoms with van der Waals surface area (Å²) in [7, 11) is 0. The Morgan fingerprint density at radius 3 is 2.71 bits per heavy atom. The van der Waals surface area contributed by atoms with Crippen molar-refractivity contribution in [2.75, 3.05) is 6.61 Å². The monoisotopic (exact) mass is 198 g/mol. The van der Waals surface area contributed by atoms with Crippen molar-refractivity contribution in [1.29, 1.82) is 0 Å². The third-order valence-corrected chi connectivity index (χ3v) is 3.38. The first-order chi connectivity index (χ1) is 6.66. The predicted molar refractivity (Wildman–Crippen MR) is 57.1 cm³/mol. The topological polar surface area (TPSA) is 26.3 Å². The van der Waals surface area contributed by atoms with Crippen LogP contribution in [-0.2, 0) is 9.53 Å². The van der Waals surface area contributed by atoms with Crippen LogP contribution in [0.4, 0.5) is 0 Å². The number of carbonyl (C=O) groups excluding carboxylic acids is 1. The van der Waals surface area contributed by atoms with E-state index in [-0.39, 0.29) is 6.61 Å². The van der Waals surface area contributed by atoms with Crippen LogP contribution in [0.1, 0.15) is 40.0 Å². The minimum absolute atomic E-state index is 0.264. The van der Waals surface area contributed by atoms with Crippen molar-refractivity contribution in [1.82, 2.24) is 0 Å². The molecule has 3 unspecified atom stereocenters. The largest absolute Gasteiger partial charge is 0.370 e. The molecule has 1 aliphatic carbocycles. The first-order valence-electron chi connectivity index (χ1n) is 5.72. The molecule has 0 aromatic heterocycles. The number of ether oxygens (including phenoxy) is 1. The molecular formula is C12H22O2. The molecule has 0 spiro atoms. The molecule has 3 atom stereocenters. The lowest BCUT2D eigenvalue weighted by atomic mass is 9.72. The van der Waals surface area contributed by atoms with E-state index in [0.29, 0.717) is 17.9 Å². The van der Waals surface area contributed by atoms with E-state index in [0.717, 1.165) is 18.6 Å². The Labute approximate surface area is 87.0 Å². The average Bonchev–Trinajstić information content (AvgIpc) is 2.14. The molecule has 2 heteroatoms. The molecule has 1 aliphatic rings. The third kappa shape index (κ3) is 2.81. The van der Waals surface area contributed by atoms with Gasteiger partial charge in [0, 0.05) is 0 Å². The molecule has 1 fully saturated rings. The Morgan fingerprint density at radius 1 is 1.43 bits per heavy atom. The van der Waals surface area contributed by atoms with Crippen LogP contribution in [0.25, 0.3) is 0 Å². The Hall–Kier alpha value is -0.370. The molecule has 0 bridgehead atoms. The van der Waals surface area contributed by atoms with E-state index in [1.165, 1.54) is 12.8 Å². The summed E-state index contributed by atoms with van der Waals surface area (Å²) in [5.74, 6) is 2.02. The Morgan fingerprint density at radius 2 is 2.14 bits per heavy atom. The summed E-state index contributed by atoms with van der Waals surface area (Å²) in [5.41, 5.74) is 0. The molecule has 1 saturated carbocycles. The van der Waals surface area contributed by atoms with E-state index in [2.05, 4.69) is 20.8 Å². The van der Waals surface area contributed by atoms with Gasteiger partial charge in [0.2, 0.25) is 0 Å². The van der Waals surface area contributed by atoms with E-state index >= 15 is 0 Å². The number of carbonyl (C=O) groups is 1. The zero-order valence-electron chi connectivity index (χ0n) is 9.53. The van der Waals surface area contributed by atoms with Gasteiger partial charge in [-0.15, -0.1) is 0 Å². The lowest BCUT2D eigenvalue weighted by Crippen LogP contribution is -2.37. The second-order valence-electron chi connectivity index (χ2n) is 4.77. The summed E-state index contributed by atoms with van der Waals surface area (Å²) in [6.07, 6.45) is 4.85. The second kappa shape index (κ2) is 5.50. The number of hydrogen-bond acceptors (Lipinski definition) is 2. The Kier molecular flexibility index (Phi) is 4.59. The maximum atomic E-state index is 10.3. The van der Waals surface area contributed by atoms with Crippen molar-refractivity contribution in [2.45, 2.75) is 46.1 Å². The summed E-state index contributed by atoms with van der Waals surface area (Å²) >= 11 is 0. The quantitative estimate of drug-likeness (QED) is 0.649. The van der Waals surface area contributed by atoms with Crippen LogP contribution in [-0.4, -0.2) is 19.0 Å². The zero-order valence-corrected chi connectivity index (χ0v) is 9.53. The first kappa shape index (κ1) is 11.7. The molecule has 14 heavy (non-hydrogen) atoms. The van der Waals surface area contributed by atoms with Gasteiger partial charge in [-0.2, -0.15) is 0 Å². The predicted octanol–water partition coefficient (Wildman–Crippen LogP) is 2.66. The molecule has 1 rings (SSSR count). The summed E-state index contributed by atoms with van der Waals surface area (Å²) in [4.78, 5) is 10.3. The highest BCUT2D eigenvalue weighted by Crippen LogP contribution is 2.36. The zero-order chi connectivity index (χ0) is 10.6. The van der Waals surface area contributed by atoms with Gasteiger partial charge in [-0.25, -0.2) is 0 Å². The fraction of sp³-hybridized carbons (Fsp3) is 0.917. The lowest BCUT2D eigenvalue weighted by Gasteiger charge is -2.38. The fourth-order valence-electron chi connectivity index (χ4n) is 2.84. The SMILES string of the molecule is CC(C)C1C(C)CCCC1OCC=O. The van der Waals surface area contributed by atoms with Crippen LogP contribution in [0, 0.1) is 17.8 Å². The van der Waals surface area contributed by atoms with Crippen molar-refractivity contribution in [2.24, 2.45) is 17.8 Å². The van der Waals surface area contributed by atoms with Gasteiger partial charge in [0.05, 0.1) is 6.10 Å². The van der Waals surface area contributed by atoms with Gasteiger partial charge in [-0.05, 0) is 24.2 Å². The Bertz CT molecular complexity index is 177. The summed E-state index contributed by atoms with van der Waals surface area (Å²) in [6.45, 7) is 7.08. The molecule has 82 valence electrons. The molecule has 0 radical (unpaired) electrons. The van der Waals surface area contributed by atoms with Crippen LogP contribution in [0.15, 0.2) is 0 Å². The minimum atomic E-state index is 0.264. The molecule has 2 nitrogen and oxygen atoms in total. The highest BCUT2D eigenvalue weighted by Gasteiger charge is 2.33. The molecular weight excluding hydrogens is 176 g/mol. The van der Waals surface area contributed by atoms with Crippen molar-refractivity contribution >= 4 is 6.29 Å². The maximum Gasteiger partial charge on any atom is 0.145 e. The van der Waals surface area contributed by atoms with E-state index in [1.54, 1.807) is 0 Å². The van der Waals surface area contributed by atoms with Crippen LogP contribution >= 0.6 is 0 Å². The molecule has 0 aromatic carbocycles. The first-order valence-corrected chi connectivity index (χ1v) is 5.72. The summed E-state index contributed by atoms with van der Waals surface area (Å²) in [5, 5.41) is 0. The summed E-state index contributed by atoms with van der Waals surface area (Å²) < 4.78 is 5.61. The molecule has 0 heterocycles. The molecule has 0 saturated heterocycles. The van der Waals surface area contributed by atoms with Crippen LogP contribution < -0.4 is 0 Å². The number of aldehydes is 1. The second-order valence-corrected chi connectivity index (χ2v) is 4.77. The van der Waals surface area contributed by atoms with Crippen LogP contribution in [0.3, 0.4) is 0 Å². The highest BCUT2D eigenvalue weighted by molar-refractivity contribution is 5.50. The fourth-order valence-corrected chi connectivity index (χ4v) is 2.84. The highest BCUT2D eigenvalue weighted by atomic mass is 16.5. The van der Waals surface area contributed by atoms with Gasteiger partial charge in [-0.1, -0.05) is 33.6 Å². The smallest absolute Gasteiger partial charge is 0.145 e. The van der Waals surface area contributed by atoms with E-state index in [4.69, 9.17) is 4.74 Å². The van der Waals surface area contributed by atoms with E-state index < -0.39 is 0 Å². The van der Waals surface area contributed by atoms with Crippen molar-refractivity contribution in [3.8, 4) is 0 Å². The van der Waals surface area contributed by atoms with E-state index in [9.17, 15) is 4.79 Å². The lowest BCUT2D eigenvalue weighted by molar-refractivity contribution is -0.118. The van der Waals surface area contributed by atoms with Crippen molar-refractivity contribution < 1.29 is 9.53 Å². The molecule has 0 aliphatic heterocycles. The van der Waals surface area contributed by atoms with Gasteiger partial charge in [0.25, 0.3) is 0 Å². The van der Waals surface area contributed by atoms with E-state index in [1.807, 2.05) is 0 Å². The van der Waals surface area contributed by atoms with Gasteiger partial charge in [0.15, 0.2) is 0 Å². The van der Waals surface area contributed by atoms with Gasteiger partial charge in [0.1, 0.15) is 12.9 Å². The van der Waals surface area contributed by atoms with Crippen molar-refractivity contribution in [3.63, 3.8) is 0 Å². The Balaban J connectivity index is 2.55. The van der Waals surface area contributed by atoms with Crippen molar-refractivity contribution in [3.05, 3.63) is 0 Å². The molecule has 0 amide bonds. The normalized spacial score (nSPS) is 33.3. The average molecular weight is 198 g/mol. The third-order valence-electron chi connectivity index (χ3n) is 3.38. The standard InChI is InChI=1S/C12H22O2/c1-9(2)12-10(3)5-4-6-11(12)14-8-7-13/h7,9-12H,4-6,8H2,1-3H3.